The topological polar surface area (TPSA) is 21.3 Å². The SMILES string of the molecule is CCCCC(C)C1CNCCO1. The molecule has 0 aromatic carbocycles. The van der Waals surface area contributed by atoms with E-state index < -0.39 is 0 Å². The van der Waals surface area contributed by atoms with Gasteiger partial charge in [-0.25, -0.2) is 0 Å². The molecule has 1 rings (SSSR count). The molecule has 0 spiro atoms. The lowest BCUT2D eigenvalue weighted by Crippen LogP contribution is -2.41. The van der Waals surface area contributed by atoms with Crippen molar-refractivity contribution in [3.8, 4) is 0 Å². The molecule has 0 saturated carbocycles. The Labute approximate surface area is 75.7 Å². The number of nitrogens with one attached hydrogen (secondary N) is 1. The first-order valence-corrected chi connectivity index (χ1v) is 5.17. The van der Waals surface area contributed by atoms with Gasteiger partial charge in [-0.15, -0.1) is 0 Å². The van der Waals surface area contributed by atoms with Crippen LogP contribution in [0.1, 0.15) is 33.1 Å². The maximum Gasteiger partial charge on any atom is 0.0725 e. The van der Waals surface area contributed by atoms with E-state index in [-0.39, 0.29) is 0 Å². The van der Waals surface area contributed by atoms with Crippen LogP contribution in [0.4, 0.5) is 0 Å². The quantitative estimate of drug-likeness (QED) is 0.696. The van der Waals surface area contributed by atoms with Gasteiger partial charge in [-0.05, 0) is 12.3 Å². The van der Waals surface area contributed by atoms with Crippen LogP contribution in [-0.2, 0) is 4.74 Å². The lowest BCUT2D eigenvalue weighted by Gasteiger charge is -2.28. The molecule has 1 heterocycles. The van der Waals surface area contributed by atoms with Gasteiger partial charge in [0.05, 0.1) is 12.7 Å². The average molecular weight is 171 g/mol. The first kappa shape index (κ1) is 10.0. The minimum absolute atomic E-state index is 0.463. The normalized spacial score (nSPS) is 27.0. The average Bonchev–Trinajstić information content (AvgIpc) is 2.15. The van der Waals surface area contributed by atoms with Crippen LogP contribution in [0, 0.1) is 5.92 Å². The van der Waals surface area contributed by atoms with E-state index in [9.17, 15) is 0 Å². The van der Waals surface area contributed by atoms with Crippen LogP contribution >= 0.6 is 0 Å². The summed E-state index contributed by atoms with van der Waals surface area (Å²) in [6.07, 6.45) is 4.40. The van der Waals surface area contributed by atoms with Crippen LogP contribution in [-0.4, -0.2) is 25.8 Å². The number of hydrogen-bond acceptors (Lipinski definition) is 2. The maximum atomic E-state index is 5.67. The molecule has 0 amide bonds. The van der Waals surface area contributed by atoms with Crippen LogP contribution < -0.4 is 5.32 Å². The summed E-state index contributed by atoms with van der Waals surface area (Å²) >= 11 is 0. The van der Waals surface area contributed by atoms with Crippen molar-refractivity contribution >= 4 is 0 Å². The maximum absolute atomic E-state index is 5.67. The molecular formula is C10H21NO. The highest BCUT2D eigenvalue weighted by molar-refractivity contribution is 4.72. The first-order chi connectivity index (χ1) is 5.84. The molecule has 2 unspecified atom stereocenters. The van der Waals surface area contributed by atoms with Crippen molar-refractivity contribution in [1.82, 2.24) is 5.32 Å². The molecule has 0 aromatic heterocycles. The second-order valence-electron chi connectivity index (χ2n) is 3.73. The first-order valence-electron chi connectivity index (χ1n) is 5.17. The molecule has 1 saturated heterocycles. The van der Waals surface area contributed by atoms with Crippen molar-refractivity contribution in [3.63, 3.8) is 0 Å². The highest BCUT2D eigenvalue weighted by Gasteiger charge is 2.19. The molecule has 1 aliphatic heterocycles. The summed E-state index contributed by atoms with van der Waals surface area (Å²) < 4.78 is 5.67. The van der Waals surface area contributed by atoms with E-state index in [1.807, 2.05) is 0 Å². The van der Waals surface area contributed by atoms with Crippen molar-refractivity contribution in [2.45, 2.75) is 39.2 Å². The minimum atomic E-state index is 0.463. The van der Waals surface area contributed by atoms with E-state index in [2.05, 4.69) is 19.2 Å². The van der Waals surface area contributed by atoms with Gasteiger partial charge in [0, 0.05) is 13.1 Å². The Morgan fingerprint density at radius 2 is 2.42 bits per heavy atom. The van der Waals surface area contributed by atoms with Gasteiger partial charge in [-0.1, -0.05) is 26.7 Å². The predicted octanol–water partition coefficient (Wildman–Crippen LogP) is 1.80. The van der Waals surface area contributed by atoms with Crippen molar-refractivity contribution in [2.75, 3.05) is 19.7 Å². The third kappa shape index (κ3) is 3.11. The largest absolute Gasteiger partial charge is 0.375 e. The zero-order valence-electron chi connectivity index (χ0n) is 8.31. The molecule has 2 nitrogen and oxygen atoms in total. The summed E-state index contributed by atoms with van der Waals surface area (Å²) in [5, 5.41) is 3.37. The minimum Gasteiger partial charge on any atom is -0.375 e. The Morgan fingerprint density at radius 1 is 1.58 bits per heavy atom. The fourth-order valence-electron chi connectivity index (χ4n) is 1.66. The summed E-state index contributed by atoms with van der Waals surface area (Å²) in [6, 6.07) is 0. The van der Waals surface area contributed by atoms with E-state index in [0.29, 0.717) is 6.10 Å². The lowest BCUT2D eigenvalue weighted by molar-refractivity contribution is -0.00681. The zero-order valence-corrected chi connectivity index (χ0v) is 8.31. The van der Waals surface area contributed by atoms with Crippen molar-refractivity contribution < 1.29 is 4.74 Å². The summed E-state index contributed by atoms with van der Waals surface area (Å²) in [6.45, 7) is 7.50. The molecule has 2 atom stereocenters. The highest BCUT2D eigenvalue weighted by Crippen LogP contribution is 2.15. The predicted molar refractivity (Wildman–Crippen MR) is 51.3 cm³/mol. The standard InChI is InChI=1S/C10H21NO/c1-3-4-5-9(2)10-8-11-6-7-12-10/h9-11H,3-8H2,1-2H3. The molecule has 1 N–H and O–H groups in total. The molecule has 1 fully saturated rings. The Bertz CT molecular complexity index is 110. The Balaban J connectivity index is 2.15. The van der Waals surface area contributed by atoms with Crippen LogP contribution in [0.25, 0.3) is 0 Å². The Hall–Kier alpha value is -0.0800. The number of ether oxygens (including phenoxy) is 1. The summed E-state index contributed by atoms with van der Waals surface area (Å²) in [4.78, 5) is 0. The van der Waals surface area contributed by atoms with Crippen LogP contribution in [0.15, 0.2) is 0 Å². The van der Waals surface area contributed by atoms with Crippen LogP contribution in [0.3, 0.4) is 0 Å². The number of morpholine rings is 1. The number of rotatable bonds is 4. The van der Waals surface area contributed by atoms with Crippen molar-refractivity contribution in [1.29, 1.82) is 0 Å². The molecule has 12 heavy (non-hydrogen) atoms. The van der Waals surface area contributed by atoms with Gasteiger partial charge < -0.3 is 10.1 Å². The fourth-order valence-corrected chi connectivity index (χ4v) is 1.66. The lowest BCUT2D eigenvalue weighted by atomic mass is 9.97. The molecule has 0 aliphatic carbocycles. The fraction of sp³-hybridized carbons (Fsp3) is 1.00. The molecule has 0 bridgehead atoms. The molecule has 0 radical (unpaired) electrons. The second-order valence-corrected chi connectivity index (χ2v) is 3.73. The molecule has 0 aromatic rings. The third-order valence-corrected chi connectivity index (χ3v) is 2.60. The van der Waals surface area contributed by atoms with E-state index in [4.69, 9.17) is 4.74 Å². The Morgan fingerprint density at radius 3 is 3.00 bits per heavy atom. The number of unbranched alkanes of at least 4 members (excludes halogenated alkanes) is 1. The van der Waals surface area contributed by atoms with Gasteiger partial charge >= 0.3 is 0 Å². The Kier molecular flexibility index (Phi) is 4.62. The highest BCUT2D eigenvalue weighted by atomic mass is 16.5. The second kappa shape index (κ2) is 5.55. The molecular weight excluding hydrogens is 150 g/mol. The van der Waals surface area contributed by atoms with Crippen LogP contribution in [0.5, 0.6) is 0 Å². The van der Waals surface area contributed by atoms with Gasteiger partial charge in [-0.3, -0.25) is 0 Å². The molecule has 1 aliphatic rings. The van der Waals surface area contributed by atoms with E-state index in [0.717, 1.165) is 25.6 Å². The van der Waals surface area contributed by atoms with Gasteiger partial charge in [0.1, 0.15) is 0 Å². The van der Waals surface area contributed by atoms with E-state index in [1.54, 1.807) is 0 Å². The van der Waals surface area contributed by atoms with Crippen LogP contribution in [0.2, 0.25) is 0 Å². The van der Waals surface area contributed by atoms with Gasteiger partial charge in [0.2, 0.25) is 0 Å². The zero-order chi connectivity index (χ0) is 8.81. The summed E-state index contributed by atoms with van der Waals surface area (Å²) in [5.41, 5.74) is 0. The summed E-state index contributed by atoms with van der Waals surface area (Å²) in [5.74, 6) is 0.720. The van der Waals surface area contributed by atoms with Crippen molar-refractivity contribution in [3.05, 3.63) is 0 Å². The number of hydrogen-bond donors (Lipinski definition) is 1. The van der Waals surface area contributed by atoms with E-state index >= 15 is 0 Å². The van der Waals surface area contributed by atoms with Gasteiger partial charge in [0.25, 0.3) is 0 Å². The van der Waals surface area contributed by atoms with E-state index in [1.165, 1.54) is 19.3 Å². The monoisotopic (exact) mass is 171 g/mol. The summed E-state index contributed by atoms with van der Waals surface area (Å²) in [7, 11) is 0. The van der Waals surface area contributed by atoms with Crippen molar-refractivity contribution in [2.24, 2.45) is 5.92 Å². The molecule has 72 valence electrons. The smallest absolute Gasteiger partial charge is 0.0725 e. The van der Waals surface area contributed by atoms with Gasteiger partial charge in [0.15, 0.2) is 0 Å². The third-order valence-electron chi connectivity index (χ3n) is 2.60. The van der Waals surface area contributed by atoms with Gasteiger partial charge in [-0.2, -0.15) is 0 Å². The molecule has 2 heteroatoms.